The van der Waals surface area contributed by atoms with Crippen LogP contribution in [0.2, 0.25) is 5.02 Å². The minimum atomic E-state index is -0.0698. The maximum Gasteiger partial charge on any atom is 0.253 e. The third-order valence-corrected chi connectivity index (χ3v) is 5.77. The van der Waals surface area contributed by atoms with Crippen molar-refractivity contribution in [3.8, 4) is 0 Å². The molecule has 0 N–H and O–H groups in total. The van der Waals surface area contributed by atoms with E-state index in [4.69, 9.17) is 11.6 Å². The summed E-state index contributed by atoms with van der Waals surface area (Å²) in [5.74, 6) is 0.993. The quantitative estimate of drug-likeness (QED) is 0.605. The average molecular weight is 413 g/mol. The number of nitrogens with zero attached hydrogens (tertiary/aromatic N) is 4. The summed E-state index contributed by atoms with van der Waals surface area (Å²) in [5, 5.41) is 9.63. The van der Waals surface area contributed by atoms with Gasteiger partial charge < -0.3 is 9.80 Å². The number of carbonyl (C=O) groups excluding carboxylic acids is 1. The minimum Gasteiger partial charge on any atom is -0.355 e. The largest absolute Gasteiger partial charge is 0.355 e. The van der Waals surface area contributed by atoms with Crippen molar-refractivity contribution in [2.24, 2.45) is 15.6 Å². The molecular weight excluding hydrogens is 384 g/mol. The summed E-state index contributed by atoms with van der Waals surface area (Å²) >= 11 is 6.47. The molecule has 2 aliphatic rings. The zero-order valence-electron chi connectivity index (χ0n) is 17.7. The number of hydrogen-bond donors (Lipinski definition) is 0. The lowest BCUT2D eigenvalue weighted by atomic mass is 9.98. The van der Waals surface area contributed by atoms with E-state index in [1.807, 2.05) is 13.0 Å². The number of carbonyl (C=O) groups is 1. The number of amidine groups is 1. The van der Waals surface area contributed by atoms with Crippen LogP contribution in [-0.4, -0.2) is 54.9 Å². The predicted octanol–water partition coefficient (Wildman–Crippen LogP) is 4.78. The second-order valence-corrected chi connectivity index (χ2v) is 8.39. The Morgan fingerprint density at radius 2 is 2.00 bits per heavy atom. The van der Waals surface area contributed by atoms with Crippen molar-refractivity contribution in [2.45, 2.75) is 32.6 Å². The van der Waals surface area contributed by atoms with E-state index in [9.17, 15) is 4.79 Å². The molecule has 1 amide bonds. The van der Waals surface area contributed by atoms with Crippen LogP contribution in [0, 0.1) is 5.41 Å². The topological polar surface area (TPSA) is 48.3 Å². The van der Waals surface area contributed by atoms with E-state index in [1.165, 1.54) is 4.90 Å². The fourth-order valence-electron chi connectivity index (χ4n) is 3.60. The highest BCUT2D eigenvalue weighted by Crippen LogP contribution is 2.51. The molecule has 1 aliphatic heterocycles. The first-order valence-corrected chi connectivity index (χ1v) is 10.4. The van der Waals surface area contributed by atoms with Crippen LogP contribution in [0.3, 0.4) is 0 Å². The van der Waals surface area contributed by atoms with Gasteiger partial charge in [-0.3, -0.25) is 4.79 Å². The number of halogens is 1. The van der Waals surface area contributed by atoms with Gasteiger partial charge in [-0.05, 0) is 44.7 Å². The Balaban J connectivity index is 1.77. The first-order chi connectivity index (χ1) is 13.9. The molecule has 0 bridgehead atoms. The molecule has 1 heterocycles. The van der Waals surface area contributed by atoms with E-state index < -0.39 is 0 Å². The molecule has 0 spiro atoms. The maximum absolute atomic E-state index is 12.1. The van der Waals surface area contributed by atoms with Crippen molar-refractivity contribution < 1.29 is 4.79 Å². The van der Waals surface area contributed by atoms with Crippen molar-refractivity contribution in [1.82, 2.24) is 9.80 Å². The Labute approximate surface area is 178 Å². The normalized spacial score (nSPS) is 18.2. The van der Waals surface area contributed by atoms with Crippen molar-refractivity contribution in [1.29, 1.82) is 0 Å². The summed E-state index contributed by atoms with van der Waals surface area (Å²) in [5.41, 5.74) is 2.35. The third-order valence-electron chi connectivity index (χ3n) is 5.46. The highest BCUT2D eigenvalue weighted by molar-refractivity contribution is 6.35. The fourth-order valence-corrected chi connectivity index (χ4v) is 3.88. The monoisotopic (exact) mass is 412 g/mol. The van der Waals surface area contributed by atoms with E-state index in [1.54, 1.807) is 26.2 Å². The van der Waals surface area contributed by atoms with E-state index in [0.29, 0.717) is 17.1 Å². The van der Waals surface area contributed by atoms with Crippen molar-refractivity contribution in [3.05, 3.63) is 58.7 Å². The van der Waals surface area contributed by atoms with Gasteiger partial charge in [0.05, 0.1) is 17.3 Å². The molecule has 29 heavy (non-hydrogen) atoms. The van der Waals surface area contributed by atoms with Crippen LogP contribution < -0.4 is 0 Å². The Bertz CT molecular complexity index is 894. The van der Waals surface area contributed by atoms with Crippen molar-refractivity contribution >= 4 is 29.1 Å². The summed E-state index contributed by atoms with van der Waals surface area (Å²) in [6.45, 7) is 2.70. The van der Waals surface area contributed by atoms with Gasteiger partial charge in [-0.15, -0.1) is 5.10 Å². The number of benzene rings is 1. The van der Waals surface area contributed by atoms with Gasteiger partial charge in [-0.2, -0.15) is 5.10 Å². The number of hydrogen-bond acceptors (Lipinski definition) is 4. The molecule has 0 atom stereocenters. The van der Waals surface area contributed by atoms with Crippen molar-refractivity contribution in [2.75, 3.05) is 27.7 Å². The SMILES string of the molecule is C/C=C\C/C=C\CC1(C2=NN=C(c3ccc(C(=O)N(C)C)cc3Cl)CN2C)CC1. The summed E-state index contributed by atoms with van der Waals surface area (Å²) in [7, 11) is 5.52. The molecule has 5 nitrogen and oxygen atoms in total. The van der Waals surface area contributed by atoms with E-state index in [0.717, 1.165) is 42.8 Å². The third kappa shape index (κ3) is 4.78. The van der Waals surface area contributed by atoms with E-state index in [-0.39, 0.29) is 11.3 Å². The van der Waals surface area contributed by atoms with Gasteiger partial charge in [0.25, 0.3) is 5.91 Å². The Morgan fingerprint density at radius 3 is 2.59 bits per heavy atom. The molecule has 1 aromatic rings. The molecule has 6 heteroatoms. The highest BCUT2D eigenvalue weighted by Gasteiger charge is 2.49. The molecule has 1 aromatic carbocycles. The van der Waals surface area contributed by atoms with Crippen LogP contribution in [0.4, 0.5) is 0 Å². The fraction of sp³-hybridized carbons (Fsp3) is 0.435. The van der Waals surface area contributed by atoms with Gasteiger partial charge in [-0.25, -0.2) is 0 Å². The molecule has 154 valence electrons. The molecule has 1 fully saturated rings. The first kappa shape index (κ1) is 21.3. The van der Waals surface area contributed by atoms with Gasteiger partial charge >= 0.3 is 0 Å². The Hall–Kier alpha value is -2.40. The van der Waals surface area contributed by atoms with Gasteiger partial charge in [0.2, 0.25) is 0 Å². The smallest absolute Gasteiger partial charge is 0.253 e. The van der Waals surface area contributed by atoms with Gasteiger partial charge in [-0.1, -0.05) is 42.0 Å². The zero-order chi connectivity index (χ0) is 21.0. The van der Waals surface area contributed by atoms with Crippen LogP contribution in [0.25, 0.3) is 0 Å². The number of rotatable bonds is 7. The van der Waals surface area contributed by atoms with Crippen LogP contribution in [0.15, 0.2) is 52.7 Å². The number of likely N-dealkylation sites (N-methyl/N-ethyl adjacent to an activating group) is 1. The predicted molar refractivity (Wildman–Crippen MR) is 121 cm³/mol. The van der Waals surface area contributed by atoms with Gasteiger partial charge in [0.1, 0.15) is 5.84 Å². The zero-order valence-corrected chi connectivity index (χ0v) is 18.4. The van der Waals surface area contributed by atoms with Crippen LogP contribution in [-0.2, 0) is 0 Å². The standard InChI is InChI=1S/C23H29ClN4O/c1-5-6-7-8-9-12-23(13-14-23)22-26-25-20(16-28(22)4)18-11-10-17(15-19(18)24)21(29)27(2)3/h5-6,8-11,15H,7,12-14,16H2,1-4H3/b6-5-,9-8-. The summed E-state index contributed by atoms with van der Waals surface area (Å²) < 4.78 is 0. The van der Waals surface area contributed by atoms with E-state index >= 15 is 0 Å². The molecule has 0 saturated heterocycles. The molecule has 0 aromatic heterocycles. The van der Waals surface area contributed by atoms with E-state index in [2.05, 4.69) is 46.5 Å². The molecule has 0 unspecified atom stereocenters. The summed E-state index contributed by atoms with van der Waals surface area (Å²) in [4.78, 5) is 15.9. The Morgan fingerprint density at radius 1 is 1.24 bits per heavy atom. The number of allylic oxidation sites excluding steroid dienone is 4. The van der Waals surface area contributed by atoms with Crippen LogP contribution >= 0.6 is 11.6 Å². The Kier molecular flexibility index (Phi) is 6.58. The van der Waals surface area contributed by atoms with Crippen molar-refractivity contribution in [3.63, 3.8) is 0 Å². The molecular formula is C23H29ClN4O. The summed E-state index contributed by atoms with van der Waals surface area (Å²) in [6.07, 6.45) is 13.0. The molecule has 1 saturated carbocycles. The average Bonchev–Trinajstić information content (AvgIpc) is 3.47. The lowest BCUT2D eigenvalue weighted by Crippen LogP contribution is -2.40. The van der Waals surface area contributed by atoms with Crippen LogP contribution in [0.5, 0.6) is 0 Å². The lowest BCUT2D eigenvalue weighted by molar-refractivity contribution is 0.0827. The van der Waals surface area contributed by atoms with Crippen LogP contribution in [0.1, 0.15) is 48.5 Å². The number of amides is 1. The second-order valence-electron chi connectivity index (χ2n) is 7.98. The second kappa shape index (κ2) is 8.95. The van der Waals surface area contributed by atoms with Gasteiger partial charge in [0.15, 0.2) is 0 Å². The first-order valence-electron chi connectivity index (χ1n) is 10.0. The lowest BCUT2D eigenvalue weighted by Gasteiger charge is -2.30. The van der Waals surface area contributed by atoms with Gasteiger partial charge in [0, 0.05) is 37.7 Å². The molecule has 0 radical (unpaired) electrons. The molecule has 1 aliphatic carbocycles. The molecule has 3 rings (SSSR count). The maximum atomic E-state index is 12.1. The summed E-state index contributed by atoms with van der Waals surface area (Å²) in [6, 6.07) is 5.37. The minimum absolute atomic E-state index is 0.0698. The highest BCUT2D eigenvalue weighted by atomic mass is 35.5.